The standard InChI is InChI=1S/C25H23ClFN9O/c1-35-22-20(32-24(35)33-21-18(26)10-15(12-28)11-19(21)27)13-29-23(34-22)30-17-8-5-9-36(14-17)25(37)31-16-6-3-2-4-7-16/h2-4,6-7,10-11,13,17H,5,8-9,14H2,1H3,(H,31,37)(H,32,33)(H,29,30,34)/t17-/m1/s1. The SMILES string of the molecule is Cn1c(Nc2c(F)cc(C#N)cc2Cl)nc2cnc(N[C@@H]3CCCN(C(=O)Nc4ccccc4)C3)nc21. The summed E-state index contributed by atoms with van der Waals surface area (Å²) in [5.41, 5.74) is 1.92. The highest BCUT2D eigenvalue weighted by Gasteiger charge is 2.25. The Morgan fingerprint density at radius 1 is 1.24 bits per heavy atom. The molecule has 1 atom stereocenters. The number of fused-ring (bicyclic) bond motifs is 1. The molecule has 2 aromatic carbocycles. The van der Waals surface area contributed by atoms with E-state index in [-0.39, 0.29) is 28.3 Å². The zero-order valence-corrected chi connectivity index (χ0v) is 20.6. The van der Waals surface area contributed by atoms with E-state index >= 15 is 0 Å². The van der Waals surface area contributed by atoms with Crippen molar-refractivity contribution in [2.75, 3.05) is 29.0 Å². The monoisotopic (exact) mass is 519 g/mol. The minimum atomic E-state index is -0.664. The van der Waals surface area contributed by atoms with E-state index in [1.165, 1.54) is 6.07 Å². The third kappa shape index (κ3) is 5.24. The van der Waals surface area contributed by atoms with Gasteiger partial charge in [0.1, 0.15) is 11.3 Å². The topological polar surface area (TPSA) is 124 Å². The first-order valence-electron chi connectivity index (χ1n) is 11.6. The lowest BCUT2D eigenvalue weighted by molar-refractivity contribution is 0.196. The molecule has 1 fully saturated rings. The number of hydrogen-bond acceptors (Lipinski definition) is 7. The van der Waals surface area contributed by atoms with E-state index in [1.807, 2.05) is 36.4 Å². The molecule has 0 aliphatic carbocycles. The fourth-order valence-electron chi connectivity index (χ4n) is 4.22. The van der Waals surface area contributed by atoms with Crippen molar-refractivity contribution in [3.05, 3.63) is 65.1 Å². The molecule has 188 valence electrons. The number of carbonyl (C=O) groups excluding carboxylic acids is 1. The molecule has 0 radical (unpaired) electrons. The van der Waals surface area contributed by atoms with Crippen molar-refractivity contribution in [1.29, 1.82) is 5.26 Å². The van der Waals surface area contributed by atoms with E-state index in [4.69, 9.17) is 16.9 Å². The fraction of sp³-hybridized carbons (Fsp3) is 0.240. The van der Waals surface area contributed by atoms with Crippen LogP contribution in [0, 0.1) is 17.1 Å². The first-order valence-corrected chi connectivity index (χ1v) is 12.0. The summed E-state index contributed by atoms with van der Waals surface area (Å²) in [6, 6.07) is 13.5. The third-order valence-electron chi connectivity index (χ3n) is 6.09. The van der Waals surface area contributed by atoms with Crippen LogP contribution in [0.4, 0.5) is 32.5 Å². The van der Waals surface area contributed by atoms with Gasteiger partial charge in [0.25, 0.3) is 0 Å². The second-order valence-corrected chi connectivity index (χ2v) is 9.08. The van der Waals surface area contributed by atoms with Crippen LogP contribution in [-0.2, 0) is 7.05 Å². The zero-order chi connectivity index (χ0) is 25.9. The van der Waals surface area contributed by atoms with Gasteiger partial charge in [-0.05, 0) is 37.1 Å². The Kier molecular flexibility index (Phi) is 6.74. The molecule has 3 heterocycles. The minimum Gasteiger partial charge on any atom is -0.350 e. The first kappa shape index (κ1) is 24.3. The number of aromatic nitrogens is 4. The summed E-state index contributed by atoms with van der Waals surface area (Å²) in [5.74, 6) is 0.0519. The van der Waals surface area contributed by atoms with Gasteiger partial charge in [0, 0.05) is 31.9 Å². The van der Waals surface area contributed by atoms with Crippen LogP contribution in [0.2, 0.25) is 5.02 Å². The summed E-state index contributed by atoms with van der Waals surface area (Å²) in [6.45, 7) is 1.18. The van der Waals surface area contributed by atoms with Crippen LogP contribution >= 0.6 is 11.6 Å². The summed E-state index contributed by atoms with van der Waals surface area (Å²) in [4.78, 5) is 27.9. The van der Waals surface area contributed by atoms with Gasteiger partial charge in [-0.15, -0.1) is 0 Å². The van der Waals surface area contributed by atoms with E-state index < -0.39 is 5.82 Å². The van der Waals surface area contributed by atoms with Crippen molar-refractivity contribution in [2.24, 2.45) is 7.05 Å². The number of anilines is 4. The van der Waals surface area contributed by atoms with Crippen molar-refractivity contribution in [1.82, 2.24) is 24.4 Å². The summed E-state index contributed by atoms with van der Waals surface area (Å²) in [6.07, 6.45) is 3.29. The Hall–Kier alpha value is -4.43. The van der Waals surface area contributed by atoms with Crippen LogP contribution in [-0.4, -0.2) is 49.6 Å². The Balaban J connectivity index is 1.29. The lowest BCUT2D eigenvalue weighted by atomic mass is 10.1. The van der Waals surface area contributed by atoms with Crippen molar-refractivity contribution in [3.63, 3.8) is 0 Å². The zero-order valence-electron chi connectivity index (χ0n) is 19.9. The number of para-hydroxylation sites is 1. The number of urea groups is 1. The molecule has 12 heteroatoms. The molecule has 0 spiro atoms. The Labute approximate surface area is 217 Å². The predicted octanol–water partition coefficient (Wildman–Crippen LogP) is 4.88. The third-order valence-corrected chi connectivity index (χ3v) is 6.38. The van der Waals surface area contributed by atoms with Gasteiger partial charge in [0.15, 0.2) is 5.65 Å². The number of halogens is 2. The Morgan fingerprint density at radius 2 is 2.05 bits per heavy atom. The van der Waals surface area contributed by atoms with Crippen LogP contribution in [0.15, 0.2) is 48.7 Å². The quantitative estimate of drug-likeness (QED) is 0.343. The normalized spacial score (nSPS) is 15.3. The highest BCUT2D eigenvalue weighted by molar-refractivity contribution is 6.33. The summed E-state index contributed by atoms with van der Waals surface area (Å²) in [7, 11) is 1.74. The molecule has 37 heavy (non-hydrogen) atoms. The molecule has 10 nitrogen and oxygen atoms in total. The maximum atomic E-state index is 14.5. The van der Waals surface area contributed by atoms with Gasteiger partial charge in [-0.3, -0.25) is 4.57 Å². The molecule has 0 unspecified atom stereocenters. The molecule has 5 rings (SSSR count). The van der Waals surface area contributed by atoms with E-state index in [9.17, 15) is 9.18 Å². The largest absolute Gasteiger partial charge is 0.350 e. The van der Waals surface area contributed by atoms with Crippen molar-refractivity contribution in [3.8, 4) is 6.07 Å². The van der Waals surface area contributed by atoms with Gasteiger partial charge in [0.2, 0.25) is 11.9 Å². The lowest BCUT2D eigenvalue weighted by Crippen LogP contribution is -2.47. The number of carbonyl (C=O) groups is 1. The number of rotatable bonds is 5. The number of amides is 2. The van der Waals surface area contributed by atoms with E-state index in [1.54, 1.807) is 22.7 Å². The van der Waals surface area contributed by atoms with E-state index in [2.05, 4.69) is 30.9 Å². The molecule has 0 saturated carbocycles. The predicted molar refractivity (Wildman–Crippen MR) is 139 cm³/mol. The maximum Gasteiger partial charge on any atom is 0.321 e. The fourth-order valence-corrected chi connectivity index (χ4v) is 4.47. The molecular formula is C25H23ClFN9O. The number of nitriles is 1. The molecule has 1 aliphatic rings. The summed E-state index contributed by atoms with van der Waals surface area (Å²) >= 11 is 6.17. The second kappa shape index (κ2) is 10.3. The minimum absolute atomic E-state index is 0.0152. The van der Waals surface area contributed by atoms with Crippen molar-refractivity contribution >= 4 is 52.1 Å². The smallest absolute Gasteiger partial charge is 0.321 e. The number of benzene rings is 2. The number of aryl methyl sites for hydroxylation is 1. The molecule has 4 aromatic rings. The molecule has 0 bridgehead atoms. The molecule has 2 aromatic heterocycles. The lowest BCUT2D eigenvalue weighted by Gasteiger charge is -2.33. The van der Waals surface area contributed by atoms with Crippen LogP contribution < -0.4 is 16.0 Å². The van der Waals surface area contributed by atoms with Crippen molar-refractivity contribution < 1.29 is 9.18 Å². The van der Waals surface area contributed by atoms with Crippen LogP contribution in [0.5, 0.6) is 0 Å². The van der Waals surface area contributed by atoms with Gasteiger partial charge in [-0.25, -0.2) is 19.2 Å². The number of hydrogen-bond donors (Lipinski definition) is 3. The number of piperidine rings is 1. The number of imidazole rings is 1. The summed E-state index contributed by atoms with van der Waals surface area (Å²) < 4.78 is 16.2. The molecule has 1 aliphatic heterocycles. The van der Waals surface area contributed by atoms with Gasteiger partial charge in [-0.1, -0.05) is 29.8 Å². The van der Waals surface area contributed by atoms with Gasteiger partial charge >= 0.3 is 6.03 Å². The number of nitrogens with one attached hydrogen (secondary N) is 3. The molecule has 2 amide bonds. The van der Waals surface area contributed by atoms with Gasteiger partial charge in [-0.2, -0.15) is 10.2 Å². The summed E-state index contributed by atoms with van der Waals surface area (Å²) in [5, 5.41) is 18.2. The van der Waals surface area contributed by atoms with E-state index in [0.29, 0.717) is 36.2 Å². The molecule has 1 saturated heterocycles. The Morgan fingerprint density at radius 3 is 2.81 bits per heavy atom. The van der Waals surface area contributed by atoms with Crippen molar-refractivity contribution in [2.45, 2.75) is 18.9 Å². The molecule has 3 N–H and O–H groups in total. The molecular weight excluding hydrogens is 497 g/mol. The van der Waals surface area contributed by atoms with Crippen LogP contribution in [0.25, 0.3) is 11.2 Å². The second-order valence-electron chi connectivity index (χ2n) is 8.67. The highest BCUT2D eigenvalue weighted by atomic mass is 35.5. The first-order chi connectivity index (χ1) is 17.9. The Bertz CT molecular complexity index is 1480. The maximum absolute atomic E-state index is 14.5. The van der Waals surface area contributed by atoms with E-state index in [0.717, 1.165) is 24.6 Å². The van der Waals surface area contributed by atoms with Gasteiger partial charge < -0.3 is 20.9 Å². The average molecular weight is 520 g/mol. The number of likely N-dealkylation sites (tertiary alicyclic amines) is 1. The number of nitrogens with zero attached hydrogens (tertiary/aromatic N) is 6. The van der Waals surface area contributed by atoms with Gasteiger partial charge in [0.05, 0.1) is 28.5 Å². The van der Waals surface area contributed by atoms with Crippen LogP contribution in [0.3, 0.4) is 0 Å². The highest BCUT2D eigenvalue weighted by Crippen LogP contribution is 2.30. The van der Waals surface area contributed by atoms with Crippen LogP contribution in [0.1, 0.15) is 18.4 Å². The average Bonchev–Trinajstić information content (AvgIpc) is 3.21.